The average Bonchev–Trinajstić information content (AvgIpc) is 2.95. The number of likely N-dealkylation sites (N-methyl/N-ethyl adjacent to an activating group) is 1. The Bertz CT molecular complexity index is 742. The Hall–Kier alpha value is -2.25. The van der Waals surface area contributed by atoms with Gasteiger partial charge >= 0.3 is 0 Å². The third-order valence-electron chi connectivity index (χ3n) is 3.52. The van der Waals surface area contributed by atoms with Crippen LogP contribution in [0.3, 0.4) is 0 Å². The minimum absolute atomic E-state index is 0.158. The number of hydrogen-bond acceptors (Lipinski definition) is 5. The van der Waals surface area contributed by atoms with Crippen molar-refractivity contribution in [1.82, 2.24) is 20.4 Å². The highest BCUT2D eigenvalue weighted by Crippen LogP contribution is 2.27. The second-order valence-corrected chi connectivity index (χ2v) is 5.78. The first-order valence-corrected chi connectivity index (χ1v) is 8.21. The van der Waals surface area contributed by atoms with Crippen LogP contribution < -0.4 is 10.6 Å². The van der Waals surface area contributed by atoms with Crippen molar-refractivity contribution >= 4 is 23.5 Å². The van der Waals surface area contributed by atoms with E-state index in [-0.39, 0.29) is 17.9 Å². The molecule has 1 aromatic heterocycles. The predicted octanol–water partition coefficient (Wildman–Crippen LogP) is 3.19. The number of rotatable bonds is 8. The summed E-state index contributed by atoms with van der Waals surface area (Å²) in [7, 11) is 1.86. The van der Waals surface area contributed by atoms with Crippen LogP contribution in [0.1, 0.15) is 11.3 Å². The van der Waals surface area contributed by atoms with E-state index in [0.717, 1.165) is 6.54 Å². The highest BCUT2D eigenvalue weighted by molar-refractivity contribution is 7.94. The largest absolute Gasteiger partial charge is 0.507 e. The Labute approximate surface area is 145 Å². The topological polar surface area (TPSA) is 62.1 Å². The molecule has 0 saturated carbocycles. The van der Waals surface area contributed by atoms with Gasteiger partial charge < -0.3 is 15.7 Å². The number of benzene rings is 1. The van der Waals surface area contributed by atoms with E-state index in [4.69, 9.17) is 0 Å². The van der Waals surface area contributed by atoms with Gasteiger partial charge in [-0.15, -0.1) is 0 Å². The number of allylic oxidation sites excluding steroid dienone is 2. The first-order chi connectivity index (χ1) is 11.6. The minimum atomic E-state index is 0.158. The molecule has 0 aliphatic rings. The Kier molecular flexibility index (Phi) is 6.45. The maximum Gasteiger partial charge on any atom is 0.128 e. The fraction of sp³-hybridized carbons (Fsp3) is 0.235. The SMILES string of the molecule is C=C(/C=C(/NCCNC)n1ncc(SF)c1C)c1ccccc1O. The zero-order valence-corrected chi connectivity index (χ0v) is 14.5. The lowest BCUT2D eigenvalue weighted by molar-refractivity contribution is 0.474. The first-order valence-electron chi connectivity index (χ1n) is 7.49. The molecule has 0 bridgehead atoms. The molecule has 0 fully saturated rings. The van der Waals surface area contributed by atoms with Gasteiger partial charge in [-0.05, 0) is 31.7 Å². The summed E-state index contributed by atoms with van der Waals surface area (Å²) in [6, 6.07) is 6.99. The molecule has 0 saturated heterocycles. The molecule has 2 aromatic rings. The minimum Gasteiger partial charge on any atom is -0.507 e. The lowest BCUT2D eigenvalue weighted by Crippen LogP contribution is -2.27. The number of aromatic hydroxyl groups is 1. The van der Waals surface area contributed by atoms with Gasteiger partial charge in [0.05, 0.1) is 28.9 Å². The van der Waals surface area contributed by atoms with Crippen LogP contribution in [0.2, 0.25) is 0 Å². The molecule has 0 aliphatic carbocycles. The molecule has 0 unspecified atom stereocenters. The van der Waals surface area contributed by atoms with Gasteiger partial charge in [-0.25, -0.2) is 4.68 Å². The van der Waals surface area contributed by atoms with E-state index in [1.807, 2.05) is 13.1 Å². The number of halogens is 1. The molecule has 0 atom stereocenters. The summed E-state index contributed by atoms with van der Waals surface area (Å²) in [5.41, 5.74) is 1.95. The maximum absolute atomic E-state index is 12.9. The van der Waals surface area contributed by atoms with Gasteiger partial charge in [-0.1, -0.05) is 24.8 Å². The molecule has 0 amide bonds. The van der Waals surface area contributed by atoms with Crippen molar-refractivity contribution in [1.29, 1.82) is 0 Å². The maximum atomic E-state index is 12.9. The molecule has 2 rings (SSSR count). The van der Waals surface area contributed by atoms with Gasteiger partial charge in [0.2, 0.25) is 0 Å². The monoisotopic (exact) mass is 348 g/mol. The van der Waals surface area contributed by atoms with Gasteiger partial charge in [0.1, 0.15) is 11.6 Å². The van der Waals surface area contributed by atoms with Gasteiger partial charge in [0.15, 0.2) is 0 Å². The zero-order valence-electron chi connectivity index (χ0n) is 13.7. The molecule has 1 aromatic carbocycles. The predicted molar refractivity (Wildman–Crippen MR) is 97.3 cm³/mol. The van der Waals surface area contributed by atoms with Crippen molar-refractivity contribution < 1.29 is 8.99 Å². The lowest BCUT2D eigenvalue weighted by Gasteiger charge is -2.14. The Balaban J connectivity index is 2.36. The first kappa shape index (κ1) is 18.1. The van der Waals surface area contributed by atoms with Gasteiger partial charge in [0, 0.05) is 18.7 Å². The smallest absolute Gasteiger partial charge is 0.128 e. The second kappa shape index (κ2) is 8.56. The van der Waals surface area contributed by atoms with E-state index < -0.39 is 0 Å². The summed E-state index contributed by atoms with van der Waals surface area (Å²) in [5.74, 6) is 0.821. The highest BCUT2D eigenvalue weighted by Gasteiger charge is 2.12. The number of para-hydroxylation sites is 1. The third kappa shape index (κ3) is 4.18. The van der Waals surface area contributed by atoms with Crippen molar-refractivity contribution in [3.63, 3.8) is 0 Å². The highest BCUT2D eigenvalue weighted by atomic mass is 32.2. The summed E-state index contributed by atoms with van der Waals surface area (Å²) >= 11 is 0.167. The van der Waals surface area contributed by atoms with E-state index in [9.17, 15) is 8.99 Å². The van der Waals surface area contributed by atoms with Crippen molar-refractivity contribution in [3.8, 4) is 5.75 Å². The van der Waals surface area contributed by atoms with E-state index in [0.29, 0.717) is 34.1 Å². The summed E-state index contributed by atoms with van der Waals surface area (Å²) in [6.45, 7) is 7.24. The van der Waals surface area contributed by atoms with Crippen LogP contribution in [-0.4, -0.2) is 35.0 Å². The van der Waals surface area contributed by atoms with Crippen LogP contribution in [0, 0.1) is 6.92 Å². The van der Waals surface area contributed by atoms with Crippen LogP contribution in [0.25, 0.3) is 11.4 Å². The standard InChI is InChI=1S/C17H21FN4OS/c1-12(14-6-4-5-7-15(14)23)10-17(20-9-8-19-3)22-13(2)16(24-18)11-21-22/h4-7,10-11,19-20,23H,1,8-9H2,2-3H3/b17-10-. The van der Waals surface area contributed by atoms with E-state index in [1.54, 1.807) is 35.9 Å². The third-order valence-corrected chi connectivity index (χ3v) is 4.09. The Morgan fingerprint density at radius 1 is 1.42 bits per heavy atom. The number of aromatic nitrogens is 2. The Morgan fingerprint density at radius 2 is 2.17 bits per heavy atom. The van der Waals surface area contributed by atoms with E-state index >= 15 is 0 Å². The van der Waals surface area contributed by atoms with Gasteiger partial charge in [0.25, 0.3) is 0 Å². The zero-order chi connectivity index (χ0) is 17.5. The molecule has 7 heteroatoms. The molecule has 0 radical (unpaired) electrons. The van der Waals surface area contributed by atoms with E-state index in [1.165, 1.54) is 6.20 Å². The molecular formula is C17H21FN4OS. The number of nitrogens with one attached hydrogen (secondary N) is 2. The molecule has 0 spiro atoms. The van der Waals surface area contributed by atoms with Crippen molar-refractivity contribution in [3.05, 3.63) is 54.4 Å². The number of phenols is 1. The fourth-order valence-electron chi connectivity index (χ4n) is 2.20. The number of nitrogens with zero attached hydrogens (tertiary/aromatic N) is 2. The van der Waals surface area contributed by atoms with Crippen LogP contribution >= 0.6 is 12.1 Å². The van der Waals surface area contributed by atoms with Crippen molar-refractivity contribution in [2.24, 2.45) is 0 Å². The van der Waals surface area contributed by atoms with Crippen LogP contribution in [0.5, 0.6) is 5.75 Å². The van der Waals surface area contributed by atoms with Gasteiger partial charge in [-0.2, -0.15) is 8.98 Å². The summed E-state index contributed by atoms with van der Waals surface area (Å²) in [5, 5.41) is 20.5. The van der Waals surface area contributed by atoms with E-state index in [2.05, 4.69) is 22.3 Å². The fourth-order valence-corrected chi connectivity index (χ4v) is 2.49. The Morgan fingerprint density at radius 3 is 2.79 bits per heavy atom. The lowest BCUT2D eigenvalue weighted by atomic mass is 10.1. The molecular weight excluding hydrogens is 327 g/mol. The average molecular weight is 348 g/mol. The molecule has 5 nitrogen and oxygen atoms in total. The molecule has 0 aliphatic heterocycles. The number of phenolic OH excluding ortho intramolecular Hbond substituents is 1. The molecule has 1 heterocycles. The summed E-state index contributed by atoms with van der Waals surface area (Å²) in [4.78, 5) is 0.462. The van der Waals surface area contributed by atoms with Crippen molar-refractivity contribution in [2.75, 3.05) is 20.1 Å². The number of hydrogen-bond donors (Lipinski definition) is 3. The summed E-state index contributed by atoms with van der Waals surface area (Å²) < 4.78 is 14.5. The summed E-state index contributed by atoms with van der Waals surface area (Å²) in [6.07, 6.45) is 3.27. The van der Waals surface area contributed by atoms with Crippen LogP contribution in [-0.2, 0) is 0 Å². The molecule has 3 N–H and O–H groups in total. The second-order valence-electron chi connectivity index (χ2n) is 5.19. The van der Waals surface area contributed by atoms with Crippen LogP contribution in [0.4, 0.5) is 3.89 Å². The molecule has 128 valence electrons. The van der Waals surface area contributed by atoms with Crippen LogP contribution in [0.15, 0.2) is 48.0 Å². The quantitative estimate of drug-likeness (QED) is 0.505. The molecule has 24 heavy (non-hydrogen) atoms. The van der Waals surface area contributed by atoms with Crippen molar-refractivity contribution in [2.45, 2.75) is 11.8 Å². The normalized spacial score (nSPS) is 11.5. The van der Waals surface area contributed by atoms with Gasteiger partial charge in [-0.3, -0.25) is 0 Å².